The molecule has 0 aromatic heterocycles. The Hall–Kier alpha value is -1.07. The minimum Gasteiger partial charge on any atom is -0.388 e. The fraction of sp³-hybridized carbons (Fsp3) is 0.625. The van der Waals surface area contributed by atoms with Crippen molar-refractivity contribution in [2.45, 2.75) is 12.2 Å². The van der Waals surface area contributed by atoms with Gasteiger partial charge in [0.25, 0.3) is 0 Å². The third-order valence-electron chi connectivity index (χ3n) is 1.94. The van der Waals surface area contributed by atoms with Gasteiger partial charge in [-0.25, -0.2) is 4.79 Å². The van der Waals surface area contributed by atoms with E-state index in [0.29, 0.717) is 6.54 Å². The van der Waals surface area contributed by atoms with Gasteiger partial charge < -0.3 is 20.4 Å². The average molecular weight is 186 g/mol. The van der Waals surface area contributed by atoms with Gasteiger partial charge >= 0.3 is 6.03 Å². The van der Waals surface area contributed by atoms with Crippen LogP contribution in [0.25, 0.3) is 0 Å². The predicted octanol–water partition coefficient (Wildman–Crippen LogP) is -1.08. The van der Waals surface area contributed by atoms with Gasteiger partial charge in [0, 0.05) is 6.54 Å². The number of likely N-dealkylation sites (tertiary alicyclic amines) is 1. The molecule has 74 valence electrons. The zero-order valence-corrected chi connectivity index (χ0v) is 7.31. The molecule has 1 aliphatic rings. The molecular formula is C8H14N2O3. The number of β-amino-alcohol motifs (C(OH)–C–C–N with tert-alkyl or cyclic N) is 2. The summed E-state index contributed by atoms with van der Waals surface area (Å²) in [5.41, 5.74) is 0. The molecule has 0 bridgehead atoms. The summed E-state index contributed by atoms with van der Waals surface area (Å²) in [5, 5.41) is 20.9. The number of nitrogens with one attached hydrogen (secondary N) is 1. The number of carbonyl (C=O) groups is 1. The minimum atomic E-state index is -0.825. The van der Waals surface area contributed by atoms with Gasteiger partial charge in [0.15, 0.2) is 0 Å². The molecule has 0 aliphatic carbocycles. The first-order valence-electron chi connectivity index (χ1n) is 4.15. The van der Waals surface area contributed by atoms with Crippen molar-refractivity contribution in [3.05, 3.63) is 12.7 Å². The number of hydrogen-bond acceptors (Lipinski definition) is 3. The number of amides is 2. The molecule has 0 aromatic carbocycles. The summed E-state index contributed by atoms with van der Waals surface area (Å²) < 4.78 is 0. The standard InChI is InChI=1S/C8H14N2O3/c1-2-3-9-8(13)10-4-6(11)7(12)5-10/h2,6-7,11-12H,1,3-5H2,(H,9,13)/t6-,7+. The summed E-state index contributed by atoms with van der Waals surface area (Å²) in [4.78, 5) is 12.6. The van der Waals surface area contributed by atoms with Crippen LogP contribution in [0.3, 0.4) is 0 Å². The molecule has 1 heterocycles. The molecule has 1 saturated heterocycles. The van der Waals surface area contributed by atoms with Crippen LogP contribution in [-0.4, -0.2) is 53.0 Å². The highest BCUT2D eigenvalue weighted by molar-refractivity contribution is 5.74. The topological polar surface area (TPSA) is 72.8 Å². The number of hydrogen-bond donors (Lipinski definition) is 3. The number of rotatable bonds is 2. The van der Waals surface area contributed by atoms with E-state index in [1.54, 1.807) is 6.08 Å². The van der Waals surface area contributed by atoms with E-state index >= 15 is 0 Å². The predicted molar refractivity (Wildman–Crippen MR) is 47.2 cm³/mol. The Kier molecular flexibility index (Phi) is 3.27. The van der Waals surface area contributed by atoms with Crippen LogP contribution in [0, 0.1) is 0 Å². The van der Waals surface area contributed by atoms with Gasteiger partial charge in [0.05, 0.1) is 25.3 Å². The zero-order valence-electron chi connectivity index (χ0n) is 7.31. The van der Waals surface area contributed by atoms with Crippen molar-refractivity contribution < 1.29 is 15.0 Å². The first-order chi connectivity index (χ1) is 6.15. The van der Waals surface area contributed by atoms with Crippen molar-refractivity contribution in [1.82, 2.24) is 10.2 Å². The number of aliphatic hydroxyl groups excluding tert-OH is 2. The van der Waals surface area contributed by atoms with Crippen molar-refractivity contribution in [2.75, 3.05) is 19.6 Å². The summed E-state index contributed by atoms with van der Waals surface area (Å²) in [6.07, 6.45) is -0.0788. The van der Waals surface area contributed by atoms with Crippen LogP contribution < -0.4 is 5.32 Å². The fourth-order valence-corrected chi connectivity index (χ4v) is 1.21. The Bertz CT molecular complexity index is 198. The minimum absolute atomic E-state index is 0.185. The molecule has 1 rings (SSSR count). The number of aliphatic hydroxyl groups is 2. The molecule has 5 nitrogen and oxygen atoms in total. The third-order valence-corrected chi connectivity index (χ3v) is 1.94. The first-order valence-corrected chi connectivity index (χ1v) is 4.15. The molecular weight excluding hydrogens is 172 g/mol. The lowest BCUT2D eigenvalue weighted by Gasteiger charge is -2.15. The molecule has 13 heavy (non-hydrogen) atoms. The largest absolute Gasteiger partial charge is 0.388 e. The van der Waals surface area contributed by atoms with Crippen LogP contribution in [0.4, 0.5) is 4.79 Å². The van der Waals surface area contributed by atoms with Crippen molar-refractivity contribution in [3.8, 4) is 0 Å². The van der Waals surface area contributed by atoms with Crippen LogP contribution in [0.1, 0.15) is 0 Å². The summed E-state index contributed by atoms with van der Waals surface area (Å²) in [6.45, 7) is 4.22. The third kappa shape index (κ3) is 2.43. The highest BCUT2D eigenvalue weighted by Gasteiger charge is 2.32. The Morgan fingerprint density at radius 2 is 2.08 bits per heavy atom. The highest BCUT2D eigenvalue weighted by atomic mass is 16.3. The smallest absolute Gasteiger partial charge is 0.317 e. The van der Waals surface area contributed by atoms with Gasteiger partial charge in [0.1, 0.15) is 0 Å². The molecule has 1 aliphatic heterocycles. The van der Waals surface area contributed by atoms with Crippen molar-refractivity contribution >= 4 is 6.03 Å². The normalized spacial score (nSPS) is 27.4. The highest BCUT2D eigenvalue weighted by Crippen LogP contribution is 2.09. The molecule has 2 atom stereocenters. The first kappa shape index (κ1) is 10.0. The number of carbonyl (C=O) groups excluding carboxylic acids is 1. The van der Waals surface area contributed by atoms with E-state index < -0.39 is 12.2 Å². The zero-order chi connectivity index (χ0) is 9.84. The second-order valence-electron chi connectivity index (χ2n) is 3.01. The number of nitrogens with zero attached hydrogens (tertiary/aromatic N) is 1. The maximum absolute atomic E-state index is 11.2. The molecule has 0 saturated carbocycles. The summed E-state index contributed by atoms with van der Waals surface area (Å²) in [6, 6.07) is -0.282. The quantitative estimate of drug-likeness (QED) is 0.480. The Morgan fingerprint density at radius 3 is 2.54 bits per heavy atom. The van der Waals surface area contributed by atoms with Gasteiger partial charge in [-0.2, -0.15) is 0 Å². The molecule has 1 fully saturated rings. The fourth-order valence-electron chi connectivity index (χ4n) is 1.21. The maximum atomic E-state index is 11.2. The lowest BCUT2D eigenvalue weighted by molar-refractivity contribution is 0.0572. The van der Waals surface area contributed by atoms with E-state index in [0.717, 1.165) is 0 Å². The SMILES string of the molecule is C=CCNC(=O)N1C[C@@H](O)[C@@H](O)C1. The monoisotopic (exact) mass is 186 g/mol. The lowest BCUT2D eigenvalue weighted by Crippen LogP contribution is -2.39. The molecule has 5 heteroatoms. The van der Waals surface area contributed by atoms with Crippen LogP contribution in [-0.2, 0) is 0 Å². The Balaban J connectivity index is 2.37. The molecule has 2 amide bonds. The van der Waals surface area contributed by atoms with Crippen molar-refractivity contribution in [3.63, 3.8) is 0 Å². The van der Waals surface area contributed by atoms with Gasteiger partial charge in [0.2, 0.25) is 0 Å². The number of urea groups is 1. The van der Waals surface area contributed by atoms with Crippen LogP contribution >= 0.6 is 0 Å². The molecule has 3 N–H and O–H groups in total. The van der Waals surface area contributed by atoms with Crippen molar-refractivity contribution in [1.29, 1.82) is 0 Å². The van der Waals surface area contributed by atoms with Crippen LogP contribution in [0.15, 0.2) is 12.7 Å². The van der Waals surface area contributed by atoms with Gasteiger partial charge in [-0.1, -0.05) is 6.08 Å². The van der Waals surface area contributed by atoms with Gasteiger partial charge in [-0.3, -0.25) is 0 Å². The molecule has 0 aromatic rings. The summed E-state index contributed by atoms with van der Waals surface area (Å²) in [7, 11) is 0. The molecule has 0 radical (unpaired) electrons. The van der Waals surface area contributed by atoms with E-state index in [2.05, 4.69) is 11.9 Å². The summed E-state index contributed by atoms with van der Waals surface area (Å²) in [5.74, 6) is 0. The lowest BCUT2D eigenvalue weighted by atomic mass is 10.3. The Morgan fingerprint density at radius 1 is 1.54 bits per heavy atom. The second kappa shape index (κ2) is 4.25. The molecule has 0 spiro atoms. The van der Waals surface area contributed by atoms with E-state index in [9.17, 15) is 4.79 Å². The van der Waals surface area contributed by atoms with Crippen LogP contribution in [0.5, 0.6) is 0 Å². The maximum Gasteiger partial charge on any atom is 0.317 e. The van der Waals surface area contributed by atoms with Crippen molar-refractivity contribution in [2.24, 2.45) is 0 Å². The molecule has 0 unspecified atom stereocenters. The van der Waals surface area contributed by atoms with E-state index in [1.165, 1.54) is 4.90 Å². The van der Waals surface area contributed by atoms with E-state index in [1.807, 2.05) is 0 Å². The van der Waals surface area contributed by atoms with E-state index in [-0.39, 0.29) is 19.1 Å². The van der Waals surface area contributed by atoms with Gasteiger partial charge in [-0.15, -0.1) is 6.58 Å². The Labute approximate surface area is 76.7 Å². The van der Waals surface area contributed by atoms with Crippen LogP contribution in [0.2, 0.25) is 0 Å². The average Bonchev–Trinajstić information content (AvgIpc) is 2.43. The summed E-state index contributed by atoms with van der Waals surface area (Å²) >= 11 is 0. The van der Waals surface area contributed by atoms with Gasteiger partial charge in [-0.05, 0) is 0 Å². The van der Waals surface area contributed by atoms with E-state index in [4.69, 9.17) is 10.2 Å². The second-order valence-corrected chi connectivity index (χ2v) is 3.01.